The summed E-state index contributed by atoms with van der Waals surface area (Å²) in [7, 11) is -3.87. The first kappa shape index (κ1) is 23.7. The maximum absolute atomic E-state index is 17.9. The van der Waals surface area contributed by atoms with Crippen LogP contribution in [0.5, 0.6) is 5.75 Å². The molecule has 1 nitrogen and oxygen atoms in total. The molecule has 0 fully saturated rings. The lowest BCUT2D eigenvalue weighted by atomic mass is 9.67. The number of fused-ring (bicyclic) bond motifs is 1. The van der Waals surface area contributed by atoms with Crippen LogP contribution in [0.1, 0.15) is 35.1 Å². The van der Waals surface area contributed by atoms with Crippen molar-refractivity contribution in [2.45, 2.75) is 38.0 Å². The van der Waals surface area contributed by atoms with Crippen molar-refractivity contribution in [2.24, 2.45) is 11.8 Å². The van der Waals surface area contributed by atoms with Gasteiger partial charge in [0.15, 0.2) is 0 Å². The molecule has 1 unspecified atom stereocenters. The van der Waals surface area contributed by atoms with Crippen molar-refractivity contribution in [1.29, 1.82) is 0 Å². The van der Waals surface area contributed by atoms with Crippen LogP contribution in [0.25, 0.3) is 0 Å². The summed E-state index contributed by atoms with van der Waals surface area (Å²) in [6, 6.07) is 27.0. The van der Waals surface area contributed by atoms with Gasteiger partial charge in [0.05, 0.1) is 14.7 Å². The molecule has 0 saturated carbocycles. The maximum atomic E-state index is 17.9. The molecule has 0 bridgehead atoms. The molecule has 0 N–H and O–H groups in total. The van der Waals surface area contributed by atoms with Gasteiger partial charge in [0.25, 0.3) is 7.93 Å². The number of hydrogen-bond donors (Lipinski definition) is 0. The Morgan fingerprint density at radius 1 is 0.848 bits per heavy atom. The van der Waals surface area contributed by atoms with Gasteiger partial charge in [-0.2, -0.15) is 0 Å². The highest BCUT2D eigenvalue weighted by molar-refractivity contribution is 7.43. The molecular formula is C29H35FOSi2. The molecule has 0 radical (unpaired) electrons. The van der Waals surface area contributed by atoms with E-state index in [4.69, 9.17) is 4.74 Å². The molecule has 4 rings (SSSR count). The van der Waals surface area contributed by atoms with Crippen molar-refractivity contribution >= 4 is 20.7 Å². The van der Waals surface area contributed by atoms with E-state index in [-0.39, 0.29) is 23.3 Å². The summed E-state index contributed by atoms with van der Waals surface area (Å²) in [5, 5.41) is 0.946. The zero-order valence-electron chi connectivity index (χ0n) is 20.4. The van der Waals surface area contributed by atoms with E-state index < -0.39 is 15.5 Å². The number of hydrogen-bond acceptors (Lipinski definition) is 1. The molecule has 0 aliphatic heterocycles. The molecule has 1 aliphatic carbocycles. The molecule has 5 atom stereocenters. The van der Waals surface area contributed by atoms with Crippen molar-refractivity contribution in [3.05, 3.63) is 108 Å². The van der Waals surface area contributed by atoms with Crippen LogP contribution in [0.2, 0.25) is 19.6 Å². The Morgan fingerprint density at radius 2 is 1.42 bits per heavy atom. The molecule has 0 spiro atoms. The van der Waals surface area contributed by atoms with E-state index in [1.54, 1.807) is 7.11 Å². The molecular weight excluding hydrogens is 439 g/mol. The zero-order valence-corrected chi connectivity index (χ0v) is 22.4. The molecule has 4 heteroatoms. The highest BCUT2D eigenvalue weighted by Crippen LogP contribution is 2.54. The molecule has 1 aliphatic rings. The molecule has 33 heavy (non-hydrogen) atoms. The van der Waals surface area contributed by atoms with E-state index in [2.05, 4.69) is 75.6 Å². The van der Waals surface area contributed by atoms with Gasteiger partial charge in [-0.1, -0.05) is 99.4 Å². The second kappa shape index (κ2) is 9.07. The zero-order chi connectivity index (χ0) is 23.8. The molecule has 172 valence electrons. The topological polar surface area (TPSA) is 9.23 Å². The van der Waals surface area contributed by atoms with E-state index in [0.717, 1.165) is 10.9 Å². The largest absolute Gasteiger partial charge is 0.497 e. The average molecular weight is 475 g/mol. The fourth-order valence-corrected chi connectivity index (χ4v) is 17.6. The highest BCUT2D eigenvalue weighted by Gasteiger charge is 2.60. The summed E-state index contributed by atoms with van der Waals surface area (Å²) < 4.78 is 23.3. The van der Waals surface area contributed by atoms with Crippen LogP contribution in [-0.2, 0) is 0 Å². The van der Waals surface area contributed by atoms with Crippen LogP contribution in [0.4, 0.5) is 4.11 Å². The average Bonchev–Trinajstić information content (AvgIpc) is 2.83. The first-order valence-electron chi connectivity index (χ1n) is 11.8. The molecule has 0 aromatic heterocycles. The minimum Gasteiger partial charge on any atom is -0.497 e. The molecule has 3 aromatic rings. The minimum absolute atomic E-state index is 0.0970. The van der Waals surface area contributed by atoms with Gasteiger partial charge in [0, 0.05) is 11.5 Å². The molecule has 0 saturated heterocycles. The second-order valence-corrected chi connectivity index (χ2v) is 24.2. The van der Waals surface area contributed by atoms with Gasteiger partial charge in [0.1, 0.15) is 5.75 Å². The number of allylic oxidation sites excluding steroid dienone is 1. The molecule has 3 aromatic carbocycles. The second-order valence-electron chi connectivity index (χ2n) is 10.4. The first-order valence-corrected chi connectivity index (χ1v) is 18.3. The van der Waals surface area contributed by atoms with Crippen molar-refractivity contribution in [2.75, 3.05) is 7.11 Å². The lowest BCUT2D eigenvalue weighted by molar-refractivity contribution is 0.341. The van der Waals surface area contributed by atoms with Crippen molar-refractivity contribution < 1.29 is 8.84 Å². The standard InChI is InChI=1S/C29H35FOSi2/c1-7-25-21(2)29(33(30,32(4,5)6)24-13-9-8-10-14-24)27-16-12-11-15-26(27)28(25)22-17-19-23(31-3)20-18-22/h7-21,25,28-29H,1H2,2-6H3/t21-,25+,28-,29-,33?/m0/s1. The molecule has 0 amide bonds. The molecule has 0 heterocycles. The first-order chi connectivity index (χ1) is 15.7. The predicted molar refractivity (Wildman–Crippen MR) is 143 cm³/mol. The number of methoxy groups -OCH3 is 1. The SMILES string of the molecule is C=C[C@H]1[C@H](c2ccc(OC)cc2)c2ccccc2[C@@H]([Si](F)(c2ccccc2)[Si](C)(C)C)[C@H]1C. The summed E-state index contributed by atoms with van der Waals surface area (Å²) in [5.41, 5.74) is 3.58. The Morgan fingerprint density at radius 3 is 1.97 bits per heavy atom. The van der Waals surface area contributed by atoms with Crippen molar-refractivity contribution in [3.8, 4) is 5.75 Å². The van der Waals surface area contributed by atoms with Crippen molar-refractivity contribution in [3.63, 3.8) is 0 Å². The summed E-state index contributed by atoms with van der Waals surface area (Å²) in [6.45, 7) is 13.2. The van der Waals surface area contributed by atoms with E-state index in [9.17, 15) is 0 Å². The van der Waals surface area contributed by atoms with Crippen molar-refractivity contribution in [1.82, 2.24) is 0 Å². The van der Waals surface area contributed by atoms with Gasteiger partial charge in [-0.25, -0.2) is 0 Å². The third kappa shape index (κ3) is 3.93. The number of benzene rings is 3. The lowest BCUT2D eigenvalue weighted by Gasteiger charge is -2.50. The van der Waals surface area contributed by atoms with Gasteiger partial charge < -0.3 is 8.84 Å². The monoisotopic (exact) mass is 474 g/mol. The highest BCUT2D eigenvalue weighted by atomic mass is 29.3. The maximum Gasteiger partial charge on any atom is 0.269 e. The quantitative estimate of drug-likeness (QED) is 0.210. The summed E-state index contributed by atoms with van der Waals surface area (Å²) in [5.74, 6) is 1.31. The summed E-state index contributed by atoms with van der Waals surface area (Å²) in [4.78, 5) is 0. The van der Waals surface area contributed by atoms with Gasteiger partial charge >= 0.3 is 0 Å². The number of rotatable bonds is 6. The van der Waals surface area contributed by atoms with E-state index in [0.29, 0.717) is 0 Å². The predicted octanol–water partition coefficient (Wildman–Crippen LogP) is 7.14. The van der Waals surface area contributed by atoms with Gasteiger partial charge in [-0.15, -0.1) is 6.58 Å². The van der Waals surface area contributed by atoms with Gasteiger partial charge in [-0.3, -0.25) is 0 Å². The summed E-state index contributed by atoms with van der Waals surface area (Å²) >= 11 is 0. The van der Waals surface area contributed by atoms with Crippen LogP contribution in [0.3, 0.4) is 0 Å². The third-order valence-corrected chi connectivity index (χ3v) is 21.0. The summed E-state index contributed by atoms with van der Waals surface area (Å²) in [6.07, 6.45) is 2.08. The Hall–Kier alpha value is -2.44. The van der Waals surface area contributed by atoms with Crippen LogP contribution >= 0.6 is 0 Å². The lowest BCUT2D eigenvalue weighted by Crippen LogP contribution is -2.68. The number of halogens is 1. The van der Waals surface area contributed by atoms with Gasteiger partial charge in [0.2, 0.25) is 0 Å². The van der Waals surface area contributed by atoms with Crippen LogP contribution in [0.15, 0.2) is 91.5 Å². The Kier molecular flexibility index (Phi) is 6.52. The van der Waals surface area contributed by atoms with Crippen LogP contribution < -0.4 is 9.92 Å². The minimum atomic E-state index is -3.37. The van der Waals surface area contributed by atoms with Crippen LogP contribution in [-0.4, -0.2) is 22.6 Å². The van der Waals surface area contributed by atoms with Gasteiger partial charge in [-0.05, 0) is 45.8 Å². The van der Waals surface area contributed by atoms with Crippen LogP contribution in [0, 0.1) is 11.8 Å². The van der Waals surface area contributed by atoms with E-state index >= 15 is 4.11 Å². The van der Waals surface area contributed by atoms with E-state index in [1.165, 1.54) is 16.7 Å². The Bertz CT molecular complexity index is 1110. The Balaban J connectivity index is 1.95. The third-order valence-electron chi connectivity index (χ3n) is 7.64. The number of ether oxygens (including phenoxy) is 1. The fourth-order valence-electron chi connectivity index (χ4n) is 5.99. The Labute approximate surface area is 200 Å². The van der Waals surface area contributed by atoms with E-state index in [1.807, 2.05) is 42.5 Å². The fraction of sp³-hybridized carbons (Fsp3) is 0.310. The smallest absolute Gasteiger partial charge is 0.269 e. The normalized spacial score (nSPS) is 24.4.